The number of carbonyl (C=O) groups is 3. The third-order valence-corrected chi connectivity index (χ3v) is 7.64. The molecule has 216 valence electrons. The smallest absolute Gasteiger partial charge is 0.303 e. The van der Waals surface area contributed by atoms with Gasteiger partial charge in [-0.3, -0.25) is 14.4 Å². The summed E-state index contributed by atoms with van der Waals surface area (Å²) in [6.45, 7) is 1.24. The zero-order valence-electron chi connectivity index (χ0n) is 23.4. The van der Waals surface area contributed by atoms with Crippen LogP contribution in [0, 0.1) is 5.92 Å². The van der Waals surface area contributed by atoms with Crippen molar-refractivity contribution < 1.29 is 19.5 Å². The van der Waals surface area contributed by atoms with E-state index in [1.165, 1.54) is 44.9 Å². The first-order valence-corrected chi connectivity index (χ1v) is 15.1. The summed E-state index contributed by atoms with van der Waals surface area (Å²) in [7, 11) is 0. The number of rotatable bonds is 22. The molecule has 1 aromatic heterocycles. The van der Waals surface area contributed by atoms with E-state index in [9.17, 15) is 14.4 Å². The van der Waals surface area contributed by atoms with Gasteiger partial charge in [-0.05, 0) is 64.3 Å². The average Bonchev–Trinajstić information content (AvgIpc) is 3.38. The zero-order chi connectivity index (χ0) is 27.4. The number of carboxylic acids is 1. The van der Waals surface area contributed by atoms with Crippen molar-refractivity contribution in [2.45, 2.75) is 134 Å². The molecule has 9 nitrogen and oxygen atoms in total. The van der Waals surface area contributed by atoms with Gasteiger partial charge in [-0.1, -0.05) is 63.0 Å². The van der Waals surface area contributed by atoms with Crippen LogP contribution in [0.4, 0.5) is 0 Å². The molecule has 0 saturated heterocycles. The molecule has 1 saturated carbocycles. The number of Topliss-reactive ketones (excluding diaryl/α,β-unsaturated/α-hetero) is 1. The Balaban J connectivity index is 1.56. The first-order chi connectivity index (χ1) is 18.5. The normalized spacial score (nSPS) is 14.9. The van der Waals surface area contributed by atoms with Crippen LogP contribution >= 0.6 is 0 Å². The number of hydrogen-bond acceptors (Lipinski definition) is 6. The molecule has 2 rings (SSSR count). The molecule has 4 N–H and O–H groups in total. The van der Waals surface area contributed by atoms with Gasteiger partial charge in [0.25, 0.3) is 0 Å². The van der Waals surface area contributed by atoms with Crippen LogP contribution < -0.4 is 11.1 Å². The highest BCUT2D eigenvalue weighted by molar-refractivity contribution is 5.81. The maximum Gasteiger partial charge on any atom is 0.303 e. The number of unbranched alkanes of at least 4 members (excludes halogenated alkanes) is 8. The fourth-order valence-electron chi connectivity index (χ4n) is 5.31. The Morgan fingerprint density at radius 1 is 0.921 bits per heavy atom. The summed E-state index contributed by atoms with van der Waals surface area (Å²) in [5.41, 5.74) is 6.34. The first kappa shape index (κ1) is 31.9. The SMILES string of the molecule is NCCCC[C@@H](C(=O)NCCCCCCCCCCC(=O)C1CCCCC1)n1cc(CCCC(=O)O)nn1. The summed E-state index contributed by atoms with van der Waals surface area (Å²) in [4.78, 5) is 35.9. The lowest BCUT2D eigenvalue weighted by atomic mass is 9.84. The summed E-state index contributed by atoms with van der Waals surface area (Å²) in [5.74, 6) is -0.0103. The number of nitrogens with two attached hydrogens (primary N) is 1. The Kier molecular flexibility index (Phi) is 16.6. The predicted octanol–water partition coefficient (Wildman–Crippen LogP) is 5.13. The standard InChI is InChI=1S/C29H51N5O4/c30-21-12-11-18-26(34-23-25(32-33-34)17-14-20-28(36)37)29(38)31-22-13-6-4-2-1-3-5-10-19-27(35)24-15-8-7-9-16-24/h23-24,26H,1-22,30H2,(H,31,38)(H,36,37)/t26-/m0/s1. The molecule has 1 fully saturated rings. The van der Waals surface area contributed by atoms with Gasteiger partial charge in [0, 0.05) is 31.5 Å². The summed E-state index contributed by atoms with van der Waals surface area (Å²) in [6, 6.07) is -0.424. The molecule has 0 unspecified atom stereocenters. The monoisotopic (exact) mass is 533 g/mol. The summed E-state index contributed by atoms with van der Waals surface area (Å²) in [6.07, 6.45) is 21.0. The molecule has 1 heterocycles. The number of carbonyl (C=O) groups excluding carboxylic acids is 2. The highest BCUT2D eigenvalue weighted by Gasteiger charge is 2.22. The molecular formula is C29H51N5O4. The second-order valence-electron chi connectivity index (χ2n) is 10.9. The second kappa shape index (κ2) is 19.7. The van der Waals surface area contributed by atoms with Crippen LogP contribution in [0.25, 0.3) is 0 Å². The molecule has 0 spiro atoms. The minimum Gasteiger partial charge on any atom is -0.481 e. The van der Waals surface area contributed by atoms with Crippen LogP contribution in [0.2, 0.25) is 0 Å². The fraction of sp³-hybridized carbons (Fsp3) is 0.828. The lowest BCUT2D eigenvalue weighted by Gasteiger charge is -2.20. The van der Waals surface area contributed by atoms with Crippen LogP contribution in [0.1, 0.15) is 134 Å². The fourth-order valence-corrected chi connectivity index (χ4v) is 5.31. The van der Waals surface area contributed by atoms with E-state index in [0.717, 1.165) is 57.8 Å². The Morgan fingerprint density at radius 2 is 1.61 bits per heavy atom. The maximum atomic E-state index is 12.9. The van der Waals surface area contributed by atoms with Gasteiger partial charge in [-0.2, -0.15) is 0 Å². The number of hydrogen-bond donors (Lipinski definition) is 3. The number of ketones is 1. The number of aryl methyl sites for hydroxylation is 1. The molecule has 1 amide bonds. The molecule has 1 atom stereocenters. The first-order valence-electron chi connectivity index (χ1n) is 15.1. The van der Waals surface area contributed by atoms with Crippen molar-refractivity contribution in [2.24, 2.45) is 11.7 Å². The van der Waals surface area contributed by atoms with Crippen molar-refractivity contribution in [3.63, 3.8) is 0 Å². The van der Waals surface area contributed by atoms with E-state index in [-0.39, 0.29) is 12.3 Å². The number of aromatic nitrogens is 3. The lowest BCUT2D eigenvalue weighted by molar-refractivity contribution is -0.137. The van der Waals surface area contributed by atoms with E-state index in [1.807, 2.05) is 0 Å². The Hall–Kier alpha value is -2.29. The van der Waals surface area contributed by atoms with Crippen molar-refractivity contribution in [3.05, 3.63) is 11.9 Å². The molecule has 1 aromatic rings. The van der Waals surface area contributed by atoms with Crippen LogP contribution in [-0.2, 0) is 20.8 Å². The van der Waals surface area contributed by atoms with Crippen molar-refractivity contribution in [2.75, 3.05) is 13.1 Å². The third-order valence-electron chi connectivity index (χ3n) is 7.64. The van der Waals surface area contributed by atoms with E-state index in [2.05, 4.69) is 15.6 Å². The van der Waals surface area contributed by atoms with Gasteiger partial charge < -0.3 is 16.2 Å². The van der Waals surface area contributed by atoms with Gasteiger partial charge >= 0.3 is 5.97 Å². The minimum absolute atomic E-state index is 0.0493. The largest absolute Gasteiger partial charge is 0.481 e. The third kappa shape index (κ3) is 13.5. The quantitative estimate of drug-likeness (QED) is 0.175. The number of amides is 1. The number of aliphatic carboxylic acids is 1. The molecule has 38 heavy (non-hydrogen) atoms. The highest BCUT2D eigenvalue weighted by atomic mass is 16.4. The number of nitrogens with one attached hydrogen (secondary N) is 1. The number of carboxylic acid groups (broad SMARTS) is 1. The molecular weight excluding hydrogens is 482 g/mol. The summed E-state index contributed by atoms with van der Waals surface area (Å²) in [5, 5.41) is 20.2. The zero-order valence-corrected chi connectivity index (χ0v) is 23.4. The molecule has 1 aliphatic rings. The van der Waals surface area contributed by atoms with Crippen LogP contribution in [0.15, 0.2) is 6.20 Å². The lowest BCUT2D eigenvalue weighted by Crippen LogP contribution is -2.33. The molecule has 0 bridgehead atoms. The van der Waals surface area contributed by atoms with E-state index in [1.54, 1.807) is 10.9 Å². The van der Waals surface area contributed by atoms with Gasteiger partial charge in [0.2, 0.25) is 5.91 Å². The van der Waals surface area contributed by atoms with Crippen molar-refractivity contribution in [3.8, 4) is 0 Å². The molecule has 1 aliphatic carbocycles. The molecule has 0 aliphatic heterocycles. The van der Waals surface area contributed by atoms with Gasteiger partial charge in [0.1, 0.15) is 11.8 Å². The highest BCUT2D eigenvalue weighted by Crippen LogP contribution is 2.26. The maximum absolute atomic E-state index is 12.9. The van der Waals surface area contributed by atoms with Gasteiger partial charge in [0.15, 0.2) is 0 Å². The molecule has 0 radical (unpaired) electrons. The Morgan fingerprint density at radius 3 is 2.29 bits per heavy atom. The van der Waals surface area contributed by atoms with Gasteiger partial charge in [0.05, 0.1) is 5.69 Å². The Bertz CT molecular complexity index is 807. The average molecular weight is 534 g/mol. The summed E-state index contributed by atoms with van der Waals surface area (Å²) >= 11 is 0. The van der Waals surface area contributed by atoms with Gasteiger partial charge in [-0.15, -0.1) is 5.10 Å². The van der Waals surface area contributed by atoms with E-state index in [4.69, 9.17) is 10.8 Å². The molecule has 0 aromatic carbocycles. The van der Waals surface area contributed by atoms with Gasteiger partial charge in [-0.25, -0.2) is 4.68 Å². The summed E-state index contributed by atoms with van der Waals surface area (Å²) < 4.78 is 1.62. The molecule has 9 heteroatoms. The second-order valence-corrected chi connectivity index (χ2v) is 10.9. The van der Waals surface area contributed by atoms with E-state index >= 15 is 0 Å². The van der Waals surface area contributed by atoms with Crippen molar-refractivity contribution >= 4 is 17.7 Å². The van der Waals surface area contributed by atoms with E-state index in [0.29, 0.717) is 49.7 Å². The predicted molar refractivity (Wildman–Crippen MR) is 149 cm³/mol. The van der Waals surface area contributed by atoms with Crippen molar-refractivity contribution in [1.29, 1.82) is 0 Å². The van der Waals surface area contributed by atoms with Crippen LogP contribution in [0.5, 0.6) is 0 Å². The minimum atomic E-state index is -0.825. The van der Waals surface area contributed by atoms with Crippen LogP contribution in [-0.4, -0.2) is 50.8 Å². The Labute approximate surface area is 228 Å². The van der Waals surface area contributed by atoms with Crippen LogP contribution in [0.3, 0.4) is 0 Å². The topological polar surface area (TPSA) is 140 Å². The number of nitrogens with zero attached hydrogens (tertiary/aromatic N) is 3. The van der Waals surface area contributed by atoms with E-state index < -0.39 is 12.0 Å². The van der Waals surface area contributed by atoms with Crippen molar-refractivity contribution in [1.82, 2.24) is 20.3 Å².